The van der Waals surface area contributed by atoms with Gasteiger partial charge in [-0.2, -0.15) is 0 Å². The highest BCUT2D eigenvalue weighted by atomic mass is 16.5. The van der Waals surface area contributed by atoms with Gasteiger partial charge in [-0.1, -0.05) is 13.8 Å². The molecule has 1 aliphatic rings. The minimum atomic E-state index is 0.363. The molecule has 1 saturated heterocycles. The van der Waals surface area contributed by atoms with Crippen molar-refractivity contribution in [1.82, 2.24) is 5.32 Å². The zero-order valence-electron chi connectivity index (χ0n) is 11.0. The van der Waals surface area contributed by atoms with Gasteiger partial charge in [-0.25, -0.2) is 0 Å². The molecule has 96 valence electrons. The summed E-state index contributed by atoms with van der Waals surface area (Å²) in [5.74, 6) is 0.702. The summed E-state index contributed by atoms with van der Waals surface area (Å²) in [5.41, 5.74) is 0. The van der Waals surface area contributed by atoms with Crippen LogP contribution in [-0.4, -0.2) is 38.5 Å². The summed E-state index contributed by atoms with van der Waals surface area (Å²) in [7, 11) is 0. The standard InChI is InChI=1S/C13H27NO2/c1-11(2)12(3)14-7-5-8-15-10-13-6-4-9-16-13/h11-14H,4-10H2,1-3H3. The van der Waals surface area contributed by atoms with Crippen molar-refractivity contribution < 1.29 is 9.47 Å². The summed E-state index contributed by atoms with van der Waals surface area (Å²) in [6, 6.07) is 0.596. The maximum Gasteiger partial charge on any atom is 0.0809 e. The highest BCUT2D eigenvalue weighted by Crippen LogP contribution is 2.11. The lowest BCUT2D eigenvalue weighted by Gasteiger charge is -2.17. The first-order valence-corrected chi connectivity index (χ1v) is 6.63. The molecule has 1 N–H and O–H groups in total. The number of ether oxygens (including phenoxy) is 2. The Morgan fingerprint density at radius 3 is 2.81 bits per heavy atom. The van der Waals surface area contributed by atoms with Gasteiger partial charge >= 0.3 is 0 Å². The molecule has 0 spiro atoms. The topological polar surface area (TPSA) is 30.5 Å². The van der Waals surface area contributed by atoms with E-state index in [4.69, 9.17) is 9.47 Å². The highest BCUT2D eigenvalue weighted by molar-refractivity contribution is 4.65. The van der Waals surface area contributed by atoms with E-state index in [1.807, 2.05) is 0 Å². The lowest BCUT2D eigenvalue weighted by molar-refractivity contribution is 0.0165. The van der Waals surface area contributed by atoms with Crippen LogP contribution in [0.25, 0.3) is 0 Å². The number of hydrogen-bond donors (Lipinski definition) is 1. The quantitative estimate of drug-likeness (QED) is 0.647. The van der Waals surface area contributed by atoms with Gasteiger partial charge in [0, 0.05) is 19.3 Å². The largest absolute Gasteiger partial charge is 0.379 e. The molecular formula is C13H27NO2. The Morgan fingerprint density at radius 1 is 1.38 bits per heavy atom. The molecule has 0 aliphatic carbocycles. The maximum atomic E-state index is 5.59. The smallest absolute Gasteiger partial charge is 0.0809 e. The summed E-state index contributed by atoms with van der Waals surface area (Å²) in [6.45, 7) is 10.3. The molecule has 0 saturated carbocycles. The van der Waals surface area contributed by atoms with Crippen molar-refractivity contribution in [3.05, 3.63) is 0 Å². The average Bonchev–Trinajstić information content (AvgIpc) is 2.75. The van der Waals surface area contributed by atoms with Crippen LogP contribution in [0, 0.1) is 5.92 Å². The van der Waals surface area contributed by atoms with Gasteiger partial charge < -0.3 is 14.8 Å². The van der Waals surface area contributed by atoms with Crippen molar-refractivity contribution in [2.24, 2.45) is 5.92 Å². The van der Waals surface area contributed by atoms with E-state index in [9.17, 15) is 0 Å². The Kier molecular flexibility index (Phi) is 7.01. The van der Waals surface area contributed by atoms with Crippen LogP contribution < -0.4 is 5.32 Å². The Morgan fingerprint density at radius 2 is 2.19 bits per heavy atom. The molecule has 3 nitrogen and oxygen atoms in total. The SMILES string of the molecule is CC(C)C(C)NCCCOCC1CCCO1. The zero-order chi connectivity index (χ0) is 11.8. The Bertz CT molecular complexity index is 161. The minimum absolute atomic E-state index is 0.363. The Hall–Kier alpha value is -0.120. The van der Waals surface area contributed by atoms with E-state index < -0.39 is 0 Å². The fraction of sp³-hybridized carbons (Fsp3) is 1.00. The van der Waals surface area contributed by atoms with E-state index in [2.05, 4.69) is 26.1 Å². The van der Waals surface area contributed by atoms with E-state index in [0.29, 0.717) is 18.1 Å². The molecule has 0 aromatic heterocycles. The molecule has 1 heterocycles. The van der Waals surface area contributed by atoms with Crippen LogP contribution >= 0.6 is 0 Å². The lowest BCUT2D eigenvalue weighted by Crippen LogP contribution is -2.32. The van der Waals surface area contributed by atoms with Crippen LogP contribution in [0.3, 0.4) is 0 Å². The van der Waals surface area contributed by atoms with Crippen LogP contribution in [-0.2, 0) is 9.47 Å². The predicted molar refractivity (Wildman–Crippen MR) is 66.7 cm³/mol. The van der Waals surface area contributed by atoms with Gasteiger partial charge in [-0.05, 0) is 38.6 Å². The van der Waals surface area contributed by atoms with Gasteiger partial charge in [0.25, 0.3) is 0 Å². The summed E-state index contributed by atoms with van der Waals surface area (Å²) in [4.78, 5) is 0. The Balaban J connectivity index is 1.84. The summed E-state index contributed by atoms with van der Waals surface area (Å²) >= 11 is 0. The maximum absolute atomic E-state index is 5.59. The van der Waals surface area contributed by atoms with E-state index in [0.717, 1.165) is 32.8 Å². The molecule has 1 aliphatic heterocycles. The molecule has 16 heavy (non-hydrogen) atoms. The third-order valence-corrected chi connectivity index (χ3v) is 3.26. The molecule has 2 atom stereocenters. The molecular weight excluding hydrogens is 202 g/mol. The molecule has 0 radical (unpaired) electrons. The van der Waals surface area contributed by atoms with Gasteiger partial charge in [-0.3, -0.25) is 0 Å². The highest BCUT2D eigenvalue weighted by Gasteiger charge is 2.14. The third kappa shape index (κ3) is 5.83. The summed E-state index contributed by atoms with van der Waals surface area (Å²) in [5, 5.41) is 3.50. The van der Waals surface area contributed by atoms with Gasteiger partial charge in [-0.15, -0.1) is 0 Å². The van der Waals surface area contributed by atoms with Crippen molar-refractivity contribution in [3.8, 4) is 0 Å². The normalized spacial score (nSPS) is 22.9. The van der Waals surface area contributed by atoms with Crippen LogP contribution in [0.15, 0.2) is 0 Å². The van der Waals surface area contributed by atoms with E-state index in [1.165, 1.54) is 12.8 Å². The molecule has 0 aromatic carbocycles. The monoisotopic (exact) mass is 229 g/mol. The second-order valence-corrected chi connectivity index (χ2v) is 5.05. The first-order chi connectivity index (χ1) is 7.70. The molecule has 3 heteroatoms. The van der Waals surface area contributed by atoms with Crippen LogP contribution in [0.1, 0.15) is 40.0 Å². The number of nitrogens with one attached hydrogen (secondary N) is 1. The lowest BCUT2D eigenvalue weighted by atomic mass is 10.1. The average molecular weight is 229 g/mol. The first-order valence-electron chi connectivity index (χ1n) is 6.63. The molecule has 0 amide bonds. The fourth-order valence-corrected chi connectivity index (χ4v) is 1.73. The van der Waals surface area contributed by atoms with Gasteiger partial charge in [0.05, 0.1) is 12.7 Å². The summed E-state index contributed by atoms with van der Waals surface area (Å²) < 4.78 is 11.1. The molecule has 0 bridgehead atoms. The predicted octanol–water partition coefficient (Wildman–Crippen LogP) is 2.21. The number of rotatable bonds is 8. The molecule has 1 rings (SSSR count). The van der Waals surface area contributed by atoms with Crippen molar-refractivity contribution in [2.45, 2.75) is 52.2 Å². The van der Waals surface area contributed by atoms with Crippen LogP contribution in [0.4, 0.5) is 0 Å². The van der Waals surface area contributed by atoms with Crippen LogP contribution in [0.5, 0.6) is 0 Å². The van der Waals surface area contributed by atoms with Crippen molar-refractivity contribution in [1.29, 1.82) is 0 Å². The van der Waals surface area contributed by atoms with Gasteiger partial charge in [0.1, 0.15) is 0 Å². The van der Waals surface area contributed by atoms with Crippen LogP contribution in [0.2, 0.25) is 0 Å². The second kappa shape index (κ2) is 8.04. The van der Waals surface area contributed by atoms with Gasteiger partial charge in [0.15, 0.2) is 0 Å². The molecule has 1 fully saturated rings. The van der Waals surface area contributed by atoms with E-state index in [-0.39, 0.29) is 0 Å². The third-order valence-electron chi connectivity index (χ3n) is 3.26. The van der Waals surface area contributed by atoms with E-state index >= 15 is 0 Å². The fourth-order valence-electron chi connectivity index (χ4n) is 1.73. The Labute approximate surface area is 99.9 Å². The number of hydrogen-bond acceptors (Lipinski definition) is 3. The molecule has 2 unspecified atom stereocenters. The minimum Gasteiger partial charge on any atom is -0.379 e. The van der Waals surface area contributed by atoms with Gasteiger partial charge in [0.2, 0.25) is 0 Å². The second-order valence-electron chi connectivity index (χ2n) is 5.05. The van der Waals surface area contributed by atoms with Crippen molar-refractivity contribution in [2.75, 3.05) is 26.4 Å². The first kappa shape index (κ1) is 13.9. The summed E-state index contributed by atoms with van der Waals surface area (Å²) in [6.07, 6.45) is 3.82. The van der Waals surface area contributed by atoms with Crippen molar-refractivity contribution >= 4 is 0 Å². The van der Waals surface area contributed by atoms with Crippen molar-refractivity contribution in [3.63, 3.8) is 0 Å². The van der Waals surface area contributed by atoms with E-state index in [1.54, 1.807) is 0 Å². The zero-order valence-corrected chi connectivity index (χ0v) is 11.0. The molecule has 0 aromatic rings.